The van der Waals surface area contributed by atoms with Crippen molar-refractivity contribution in [1.29, 1.82) is 0 Å². The SMILES string of the molecule is OC1C=CCCCC=CCC1. The molecule has 0 radical (unpaired) electrons. The van der Waals surface area contributed by atoms with Crippen molar-refractivity contribution in [3.8, 4) is 0 Å². The molecular weight excluding hydrogens is 136 g/mol. The fraction of sp³-hybridized carbons (Fsp3) is 0.600. The molecule has 1 N–H and O–H groups in total. The Morgan fingerprint density at radius 1 is 1.00 bits per heavy atom. The van der Waals surface area contributed by atoms with Crippen molar-refractivity contribution in [3.05, 3.63) is 24.3 Å². The van der Waals surface area contributed by atoms with Crippen molar-refractivity contribution in [2.45, 2.75) is 38.2 Å². The smallest absolute Gasteiger partial charge is 0.0723 e. The number of aliphatic hydroxyl groups excluding tert-OH is 1. The highest BCUT2D eigenvalue weighted by Gasteiger charge is 1.96. The highest BCUT2D eigenvalue weighted by molar-refractivity contribution is 4.93. The Hall–Kier alpha value is -0.560. The number of hydrogen-bond donors (Lipinski definition) is 1. The van der Waals surface area contributed by atoms with Crippen LogP contribution in [0.5, 0.6) is 0 Å². The molecule has 1 rings (SSSR count). The van der Waals surface area contributed by atoms with Crippen molar-refractivity contribution < 1.29 is 5.11 Å². The second-order valence-corrected chi connectivity index (χ2v) is 2.98. The Labute approximate surface area is 68.4 Å². The first-order valence-electron chi connectivity index (χ1n) is 4.39. The number of hydrogen-bond acceptors (Lipinski definition) is 1. The molecule has 62 valence electrons. The average molecular weight is 152 g/mol. The molecular formula is C10H16O. The molecule has 0 aliphatic heterocycles. The minimum atomic E-state index is -0.224. The van der Waals surface area contributed by atoms with Gasteiger partial charge in [0.25, 0.3) is 0 Å². The third-order valence-corrected chi connectivity index (χ3v) is 1.90. The summed E-state index contributed by atoms with van der Waals surface area (Å²) in [5.74, 6) is 0. The van der Waals surface area contributed by atoms with Crippen LogP contribution in [-0.2, 0) is 0 Å². The van der Waals surface area contributed by atoms with Gasteiger partial charge in [-0.2, -0.15) is 0 Å². The Morgan fingerprint density at radius 2 is 1.73 bits per heavy atom. The largest absolute Gasteiger partial charge is 0.389 e. The van der Waals surface area contributed by atoms with Gasteiger partial charge in [-0.15, -0.1) is 0 Å². The molecule has 0 bridgehead atoms. The van der Waals surface area contributed by atoms with Gasteiger partial charge in [0.1, 0.15) is 0 Å². The van der Waals surface area contributed by atoms with E-state index in [-0.39, 0.29) is 6.10 Å². The lowest BCUT2D eigenvalue weighted by Crippen LogP contribution is -2.00. The van der Waals surface area contributed by atoms with E-state index in [1.165, 1.54) is 12.8 Å². The third kappa shape index (κ3) is 3.99. The van der Waals surface area contributed by atoms with Crippen LogP contribution in [0.4, 0.5) is 0 Å². The maximum atomic E-state index is 9.31. The van der Waals surface area contributed by atoms with Gasteiger partial charge in [0.2, 0.25) is 0 Å². The van der Waals surface area contributed by atoms with Crippen molar-refractivity contribution in [1.82, 2.24) is 0 Å². The van der Waals surface area contributed by atoms with Gasteiger partial charge >= 0.3 is 0 Å². The summed E-state index contributed by atoms with van der Waals surface area (Å²) in [6.45, 7) is 0. The Morgan fingerprint density at radius 3 is 2.64 bits per heavy atom. The van der Waals surface area contributed by atoms with E-state index in [4.69, 9.17) is 0 Å². The summed E-state index contributed by atoms with van der Waals surface area (Å²) in [7, 11) is 0. The topological polar surface area (TPSA) is 20.2 Å². The Kier molecular flexibility index (Phi) is 3.99. The zero-order valence-corrected chi connectivity index (χ0v) is 6.87. The van der Waals surface area contributed by atoms with Crippen LogP contribution in [0.25, 0.3) is 0 Å². The first kappa shape index (κ1) is 8.54. The zero-order valence-electron chi connectivity index (χ0n) is 6.87. The normalized spacial score (nSPS) is 26.8. The van der Waals surface area contributed by atoms with Crippen molar-refractivity contribution in [2.75, 3.05) is 0 Å². The minimum Gasteiger partial charge on any atom is -0.389 e. The molecule has 0 aromatic rings. The molecule has 0 spiro atoms. The highest BCUT2D eigenvalue weighted by Crippen LogP contribution is 2.06. The van der Waals surface area contributed by atoms with Crippen molar-refractivity contribution in [2.24, 2.45) is 0 Å². The molecule has 0 amide bonds. The molecule has 0 heterocycles. The maximum absolute atomic E-state index is 9.31. The predicted molar refractivity (Wildman–Crippen MR) is 47.4 cm³/mol. The van der Waals surface area contributed by atoms with Crippen LogP contribution in [0.1, 0.15) is 32.1 Å². The van der Waals surface area contributed by atoms with E-state index in [0.29, 0.717) is 0 Å². The standard InChI is InChI=1S/C10H16O/c11-10-8-6-4-2-1-3-5-7-9-10/h2,4,7,9-11H,1,3,5-6,8H2. The summed E-state index contributed by atoms with van der Waals surface area (Å²) >= 11 is 0. The van der Waals surface area contributed by atoms with Crippen LogP contribution in [0.3, 0.4) is 0 Å². The highest BCUT2D eigenvalue weighted by atomic mass is 16.3. The van der Waals surface area contributed by atoms with E-state index in [9.17, 15) is 5.11 Å². The van der Waals surface area contributed by atoms with Crippen LogP contribution in [0, 0.1) is 0 Å². The molecule has 1 unspecified atom stereocenters. The molecule has 0 aromatic heterocycles. The van der Waals surface area contributed by atoms with Gasteiger partial charge in [0.15, 0.2) is 0 Å². The summed E-state index contributed by atoms with van der Waals surface area (Å²) in [4.78, 5) is 0. The molecule has 0 saturated heterocycles. The van der Waals surface area contributed by atoms with Gasteiger partial charge in [-0.25, -0.2) is 0 Å². The fourth-order valence-corrected chi connectivity index (χ4v) is 1.21. The van der Waals surface area contributed by atoms with E-state index in [1.807, 2.05) is 6.08 Å². The number of allylic oxidation sites excluding steroid dienone is 3. The molecule has 1 aliphatic rings. The number of rotatable bonds is 0. The molecule has 0 aromatic carbocycles. The molecule has 1 heteroatoms. The predicted octanol–water partition coefficient (Wildman–Crippen LogP) is 2.42. The van der Waals surface area contributed by atoms with E-state index in [2.05, 4.69) is 18.2 Å². The molecule has 0 fully saturated rings. The summed E-state index contributed by atoms with van der Waals surface area (Å²) < 4.78 is 0. The van der Waals surface area contributed by atoms with Gasteiger partial charge in [-0.1, -0.05) is 24.3 Å². The van der Waals surface area contributed by atoms with Gasteiger partial charge in [0.05, 0.1) is 6.10 Å². The lowest BCUT2D eigenvalue weighted by molar-refractivity contribution is 0.213. The summed E-state index contributed by atoms with van der Waals surface area (Å²) in [6.07, 6.45) is 13.5. The van der Waals surface area contributed by atoms with E-state index < -0.39 is 0 Å². The third-order valence-electron chi connectivity index (χ3n) is 1.90. The molecule has 1 nitrogen and oxygen atoms in total. The summed E-state index contributed by atoms with van der Waals surface area (Å²) in [5.41, 5.74) is 0. The molecule has 0 saturated carbocycles. The minimum absolute atomic E-state index is 0.224. The maximum Gasteiger partial charge on any atom is 0.0723 e. The quantitative estimate of drug-likeness (QED) is 0.528. The second-order valence-electron chi connectivity index (χ2n) is 2.98. The van der Waals surface area contributed by atoms with Gasteiger partial charge in [0, 0.05) is 0 Å². The first-order valence-corrected chi connectivity index (χ1v) is 4.39. The van der Waals surface area contributed by atoms with E-state index in [0.717, 1.165) is 19.3 Å². The molecule has 1 atom stereocenters. The van der Waals surface area contributed by atoms with Gasteiger partial charge in [-0.05, 0) is 32.1 Å². The van der Waals surface area contributed by atoms with Gasteiger partial charge in [-0.3, -0.25) is 0 Å². The van der Waals surface area contributed by atoms with Crippen LogP contribution in [-0.4, -0.2) is 11.2 Å². The number of aliphatic hydroxyl groups is 1. The zero-order chi connectivity index (χ0) is 7.94. The average Bonchev–Trinajstić information content (AvgIpc) is 2.03. The lowest BCUT2D eigenvalue weighted by Gasteiger charge is -2.03. The van der Waals surface area contributed by atoms with Gasteiger partial charge < -0.3 is 5.11 Å². The summed E-state index contributed by atoms with van der Waals surface area (Å²) in [5, 5.41) is 9.31. The van der Waals surface area contributed by atoms with Crippen molar-refractivity contribution in [3.63, 3.8) is 0 Å². The second kappa shape index (κ2) is 5.14. The fourth-order valence-electron chi connectivity index (χ4n) is 1.21. The Balaban J connectivity index is 2.34. The monoisotopic (exact) mass is 152 g/mol. The van der Waals surface area contributed by atoms with Crippen LogP contribution in [0.2, 0.25) is 0 Å². The molecule has 1 aliphatic carbocycles. The van der Waals surface area contributed by atoms with Crippen LogP contribution in [0.15, 0.2) is 24.3 Å². The van der Waals surface area contributed by atoms with E-state index in [1.54, 1.807) is 0 Å². The van der Waals surface area contributed by atoms with Crippen LogP contribution < -0.4 is 0 Å². The van der Waals surface area contributed by atoms with E-state index >= 15 is 0 Å². The first-order chi connectivity index (χ1) is 5.39. The van der Waals surface area contributed by atoms with Crippen molar-refractivity contribution >= 4 is 0 Å². The Bertz CT molecular complexity index is 147. The molecule has 11 heavy (non-hydrogen) atoms. The lowest BCUT2D eigenvalue weighted by atomic mass is 10.1. The summed E-state index contributed by atoms with van der Waals surface area (Å²) in [6, 6.07) is 0. The van der Waals surface area contributed by atoms with Crippen LogP contribution >= 0.6 is 0 Å².